The van der Waals surface area contributed by atoms with Gasteiger partial charge in [0, 0.05) is 6.21 Å². The van der Waals surface area contributed by atoms with Crippen LogP contribution in [0.4, 0.5) is 0 Å². The second kappa shape index (κ2) is 1.44. The molecular weight excluding hydrogens is 98.1 g/mol. The summed E-state index contributed by atoms with van der Waals surface area (Å²) in [6, 6.07) is 0. The van der Waals surface area contributed by atoms with Crippen LogP contribution in [0.3, 0.4) is 0 Å². The Labute approximate surface area is 50.1 Å². The Hall–Kier alpha value is -0.590. The number of aliphatic imine (C=N–C) groups is 1. The third-order valence-corrected chi connectivity index (χ3v) is 1.26. The second-order valence-corrected chi connectivity index (χ2v) is 2.91. The third-order valence-electron chi connectivity index (χ3n) is 1.26. The molecule has 1 heteroatoms. The Morgan fingerprint density at radius 3 is 2.50 bits per heavy atom. The smallest absolute Gasteiger partial charge is 0.0592 e. The van der Waals surface area contributed by atoms with Crippen LogP contribution in [0.25, 0.3) is 0 Å². The van der Waals surface area contributed by atoms with Crippen molar-refractivity contribution in [1.82, 2.24) is 0 Å². The van der Waals surface area contributed by atoms with Gasteiger partial charge >= 0.3 is 0 Å². The van der Waals surface area contributed by atoms with Gasteiger partial charge in [0.2, 0.25) is 0 Å². The molecule has 0 N–H and O–H groups in total. The number of rotatable bonds is 0. The fourth-order valence-corrected chi connectivity index (χ4v) is 0.913. The molecule has 0 saturated carbocycles. The van der Waals surface area contributed by atoms with Gasteiger partial charge < -0.3 is 0 Å². The van der Waals surface area contributed by atoms with E-state index < -0.39 is 0 Å². The molecular formula is C7H11N. The predicted molar refractivity (Wildman–Crippen MR) is 36.3 cm³/mol. The van der Waals surface area contributed by atoms with Crippen LogP contribution in [0.15, 0.2) is 17.1 Å². The van der Waals surface area contributed by atoms with Crippen molar-refractivity contribution < 1.29 is 0 Å². The van der Waals surface area contributed by atoms with E-state index >= 15 is 0 Å². The van der Waals surface area contributed by atoms with Gasteiger partial charge in [-0.05, 0) is 25.8 Å². The standard InChI is InChI=1S/C7H11N/c1-6-4-7(2,3)8-5-6/h5H,1,4H2,2-3H3. The minimum Gasteiger partial charge on any atom is -0.287 e. The van der Waals surface area contributed by atoms with Gasteiger partial charge in [-0.25, -0.2) is 0 Å². The molecule has 1 nitrogen and oxygen atoms in total. The molecule has 0 atom stereocenters. The highest BCUT2D eigenvalue weighted by Crippen LogP contribution is 2.23. The van der Waals surface area contributed by atoms with Crippen molar-refractivity contribution in [2.45, 2.75) is 25.8 Å². The summed E-state index contributed by atoms with van der Waals surface area (Å²) in [5.41, 5.74) is 1.28. The van der Waals surface area contributed by atoms with Crippen molar-refractivity contribution in [3.63, 3.8) is 0 Å². The molecule has 1 rings (SSSR count). The molecule has 1 heterocycles. The molecule has 1 aliphatic rings. The van der Waals surface area contributed by atoms with Crippen molar-refractivity contribution in [2.75, 3.05) is 0 Å². The maximum atomic E-state index is 4.22. The van der Waals surface area contributed by atoms with E-state index in [1.54, 1.807) is 0 Å². The van der Waals surface area contributed by atoms with Crippen molar-refractivity contribution >= 4 is 6.21 Å². The first-order chi connectivity index (χ1) is 3.60. The van der Waals surface area contributed by atoms with Crippen LogP contribution < -0.4 is 0 Å². The largest absolute Gasteiger partial charge is 0.287 e. The molecule has 0 fully saturated rings. The Kier molecular flexibility index (Phi) is 0.999. The van der Waals surface area contributed by atoms with E-state index in [-0.39, 0.29) is 5.54 Å². The zero-order chi connectivity index (χ0) is 6.20. The average molecular weight is 109 g/mol. The molecule has 0 aliphatic carbocycles. The third kappa shape index (κ3) is 0.971. The van der Waals surface area contributed by atoms with Gasteiger partial charge in [-0.15, -0.1) is 0 Å². The van der Waals surface area contributed by atoms with Crippen molar-refractivity contribution in [2.24, 2.45) is 4.99 Å². The fourth-order valence-electron chi connectivity index (χ4n) is 0.913. The molecule has 0 aromatic heterocycles. The van der Waals surface area contributed by atoms with Crippen LogP contribution in [-0.2, 0) is 0 Å². The first kappa shape index (κ1) is 5.54. The normalized spacial score (nSPS) is 24.5. The lowest BCUT2D eigenvalue weighted by Gasteiger charge is -2.10. The van der Waals surface area contributed by atoms with Crippen LogP contribution in [0.1, 0.15) is 20.3 Å². The lowest BCUT2D eigenvalue weighted by atomic mass is 10.0. The Morgan fingerprint density at radius 1 is 1.75 bits per heavy atom. The van der Waals surface area contributed by atoms with Crippen LogP contribution in [-0.4, -0.2) is 11.8 Å². The highest BCUT2D eigenvalue weighted by Gasteiger charge is 2.20. The van der Waals surface area contributed by atoms with E-state index in [0.29, 0.717) is 0 Å². The van der Waals surface area contributed by atoms with Crippen molar-refractivity contribution in [3.8, 4) is 0 Å². The van der Waals surface area contributed by atoms with Gasteiger partial charge in [0.15, 0.2) is 0 Å². The number of hydrogen-bond acceptors (Lipinski definition) is 1. The van der Waals surface area contributed by atoms with Gasteiger partial charge in [-0.1, -0.05) is 6.58 Å². The van der Waals surface area contributed by atoms with Gasteiger partial charge in [-0.2, -0.15) is 0 Å². The number of nitrogens with zero attached hydrogens (tertiary/aromatic N) is 1. The van der Waals surface area contributed by atoms with Crippen LogP contribution in [0.2, 0.25) is 0 Å². The van der Waals surface area contributed by atoms with Gasteiger partial charge in [0.05, 0.1) is 5.54 Å². The maximum absolute atomic E-state index is 4.22. The van der Waals surface area contributed by atoms with E-state index in [1.165, 1.54) is 0 Å². The monoisotopic (exact) mass is 109 g/mol. The molecule has 0 aromatic carbocycles. The van der Waals surface area contributed by atoms with Crippen LogP contribution >= 0.6 is 0 Å². The molecule has 44 valence electrons. The molecule has 0 bridgehead atoms. The van der Waals surface area contributed by atoms with E-state index in [4.69, 9.17) is 0 Å². The molecule has 0 saturated heterocycles. The zero-order valence-electron chi connectivity index (χ0n) is 5.44. The summed E-state index contributed by atoms with van der Waals surface area (Å²) in [4.78, 5) is 4.22. The summed E-state index contributed by atoms with van der Waals surface area (Å²) < 4.78 is 0. The lowest BCUT2D eigenvalue weighted by molar-refractivity contribution is 0.548. The topological polar surface area (TPSA) is 12.4 Å². The first-order valence-corrected chi connectivity index (χ1v) is 2.83. The molecule has 0 unspecified atom stereocenters. The Bertz CT molecular complexity index is 142. The zero-order valence-corrected chi connectivity index (χ0v) is 5.44. The molecule has 1 aliphatic heterocycles. The van der Waals surface area contributed by atoms with Crippen molar-refractivity contribution in [3.05, 3.63) is 12.2 Å². The molecule has 8 heavy (non-hydrogen) atoms. The Balaban J connectivity index is 2.72. The summed E-state index contributed by atoms with van der Waals surface area (Å²) in [5.74, 6) is 0. The molecule has 0 spiro atoms. The predicted octanol–water partition coefficient (Wildman–Crippen LogP) is 1.80. The van der Waals surface area contributed by atoms with E-state index in [0.717, 1.165) is 12.0 Å². The number of hydrogen-bond donors (Lipinski definition) is 0. The lowest BCUT2D eigenvalue weighted by Crippen LogP contribution is -2.10. The minimum atomic E-state index is 0.136. The van der Waals surface area contributed by atoms with Crippen LogP contribution in [0.5, 0.6) is 0 Å². The van der Waals surface area contributed by atoms with E-state index in [9.17, 15) is 0 Å². The fraction of sp³-hybridized carbons (Fsp3) is 0.571. The van der Waals surface area contributed by atoms with Gasteiger partial charge in [0.1, 0.15) is 0 Å². The molecule has 0 radical (unpaired) electrons. The summed E-state index contributed by atoms with van der Waals surface area (Å²) in [5, 5.41) is 0. The molecule has 0 amide bonds. The summed E-state index contributed by atoms with van der Waals surface area (Å²) >= 11 is 0. The summed E-state index contributed by atoms with van der Waals surface area (Å²) in [7, 11) is 0. The molecule has 0 aromatic rings. The second-order valence-electron chi connectivity index (χ2n) is 2.91. The maximum Gasteiger partial charge on any atom is 0.0592 e. The van der Waals surface area contributed by atoms with Gasteiger partial charge in [-0.3, -0.25) is 4.99 Å². The van der Waals surface area contributed by atoms with Crippen LogP contribution in [0, 0.1) is 0 Å². The summed E-state index contributed by atoms with van der Waals surface area (Å²) in [6.45, 7) is 8.03. The van der Waals surface area contributed by atoms with Crippen molar-refractivity contribution in [1.29, 1.82) is 0 Å². The highest BCUT2D eigenvalue weighted by atomic mass is 14.9. The van der Waals surface area contributed by atoms with Gasteiger partial charge in [0.25, 0.3) is 0 Å². The van der Waals surface area contributed by atoms with E-state index in [1.807, 2.05) is 6.21 Å². The summed E-state index contributed by atoms with van der Waals surface area (Å²) in [6.07, 6.45) is 2.88. The van der Waals surface area contributed by atoms with E-state index in [2.05, 4.69) is 25.4 Å². The highest BCUT2D eigenvalue weighted by molar-refractivity contribution is 5.80. The average Bonchev–Trinajstić information content (AvgIpc) is 1.82. The SMILES string of the molecule is C=C1C=NC(C)(C)C1. The quantitative estimate of drug-likeness (QED) is 0.449. The minimum absolute atomic E-state index is 0.136. The first-order valence-electron chi connectivity index (χ1n) is 2.83. The Morgan fingerprint density at radius 2 is 2.38 bits per heavy atom.